The van der Waals surface area contributed by atoms with Crippen LogP contribution < -0.4 is 0 Å². The van der Waals surface area contributed by atoms with Crippen LogP contribution in [0.15, 0.2) is 22.6 Å². The number of pyridine rings is 1. The number of aryl methyl sites for hydroxylation is 2. The summed E-state index contributed by atoms with van der Waals surface area (Å²) in [5.41, 5.74) is 2.24. The number of nitrogens with zero attached hydrogens (tertiary/aromatic N) is 4. The van der Waals surface area contributed by atoms with E-state index in [0.29, 0.717) is 23.6 Å². The van der Waals surface area contributed by atoms with Gasteiger partial charge in [-0.3, -0.25) is 9.88 Å². The van der Waals surface area contributed by atoms with E-state index in [-0.39, 0.29) is 6.10 Å². The van der Waals surface area contributed by atoms with E-state index < -0.39 is 24.3 Å². The van der Waals surface area contributed by atoms with Gasteiger partial charge in [-0.15, -0.1) is 10.2 Å². The molecule has 2 aliphatic rings. The minimum atomic E-state index is -5.08. The maximum absolute atomic E-state index is 10.6. The quantitative estimate of drug-likeness (QED) is 0.539. The molecule has 0 amide bonds. The van der Waals surface area contributed by atoms with Gasteiger partial charge in [0.15, 0.2) is 0 Å². The Hall–Kier alpha value is -3.27. The van der Waals surface area contributed by atoms with Crippen LogP contribution in [0.4, 0.5) is 26.3 Å². The first kappa shape index (κ1) is 31.0. The van der Waals surface area contributed by atoms with Gasteiger partial charge in [0.2, 0.25) is 11.8 Å². The first-order valence-corrected chi connectivity index (χ1v) is 11.2. The molecule has 0 radical (unpaired) electrons. The van der Waals surface area contributed by atoms with Gasteiger partial charge in [-0.1, -0.05) is 6.07 Å². The van der Waals surface area contributed by atoms with Crippen LogP contribution in [0.1, 0.15) is 29.6 Å². The average Bonchev–Trinajstić information content (AvgIpc) is 3.39. The molecule has 0 aromatic carbocycles. The lowest BCUT2D eigenvalue weighted by Gasteiger charge is -2.35. The molecule has 2 saturated heterocycles. The van der Waals surface area contributed by atoms with Crippen molar-refractivity contribution in [1.82, 2.24) is 20.1 Å². The molecule has 2 aromatic heterocycles. The first-order valence-electron chi connectivity index (χ1n) is 11.2. The minimum absolute atomic E-state index is 0.217. The Morgan fingerprint density at radius 3 is 2.16 bits per heavy atom. The second kappa shape index (κ2) is 13.0. The van der Waals surface area contributed by atoms with Gasteiger partial charge in [-0.2, -0.15) is 26.3 Å². The van der Waals surface area contributed by atoms with Crippen molar-refractivity contribution in [3.05, 3.63) is 41.4 Å². The number of aliphatic carboxylic acids is 2. The number of likely N-dealkylation sites (tertiary alicyclic amines) is 1. The van der Waals surface area contributed by atoms with E-state index in [1.807, 2.05) is 19.9 Å². The molecule has 0 bridgehead atoms. The molecule has 10 nitrogen and oxygen atoms in total. The number of piperidine rings is 1. The minimum Gasteiger partial charge on any atom is -0.475 e. The van der Waals surface area contributed by atoms with Gasteiger partial charge in [-0.05, 0) is 37.9 Å². The Balaban J connectivity index is 0.000000301. The van der Waals surface area contributed by atoms with Gasteiger partial charge in [-0.25, -0.2) is 9.59 Å². The summed E-state index contributed by atoms with van der Waals surface area (Å²) in [6.45, 7) is 7.81. The van der Waals surface area contributed by atoms with E-state index in [0.717, 1.165) is 50.5 Å². The third-order valence-corrected chi connectivity index (χ3v) is 5.64. The molecule has 2 aromatic rings. The summed E-state index contributed by atoms with van der Waals surface area (Å²) < 4.78 is 75.0. The molecule has 4 heterocycles. The van der Waals surface area contributed by atoms with Gasteiger partial charge < -0.3 is 19.4 Å². The molecule has 16 heteroatoms. The fourth-order valence-electron chi connectivity index (χ4n) is 4.02. The van der Waals surface area contributed by atoms with Crippen LogP contribution in [0.3, 0.4) is 0 Å². The molecular weight excluding hydrogens is 530 g/mol. The number of aromatic nitrogens is 3. The van der Waals surface area contributed by atoms with E-state index in [1.54, 1.807) is 0 Å². The van der Waals surface area contributed by atoms with Crippen LogP contribution >= 0.6 is 0 Å². The predicted molar refractivity (Wildman–Crippen MR) is 116 cm³/mol. The first-order chi connectivity index (χ1) is 17.6. The molecule has 38 heavy (non-hydrogen) atoms. The molecule has 0 spiro atoms. The Morgan fingerprint density at radius 1 is 1.05 bits per heavy atom. The molecule has 0 unspecified atom stereocenters. The van der Waals surface area contributed by atoms with Gasteiger partial charge in [0, 0.05) is 31.6 Å². The van der Waals surface area contributed by atoms with Crippen molar-refractivity contribution in [3.8, 4) is 0 Å². The smallest absolute Gasteiger partial charge is 0.475 e. The fraction of sp³-hybridized carbons (Fsp3) is 0.591. The van der Waals surface area contributed by atoms with E-state index in [4.69, 9.17) is 29.0 Å². The monoisotopic (exact) mass is 556 g/mol. The number of carboxylic acids is 2. The molecule has 4 rings (SSSR count). The number of ether oxygens (including phenoxy) is 1. The predicted octanol–water partition coefficient (Wildman–Crippen LogP) is 3.43. The molecule has 3 atom stereocenters. The Morgan fingerprint density at radius 2 is 1.66 bits per heavy atom. The summed E-state index contributed by atoms with van der Waals surface area (Å²) in [6.07, 6.45) is -8.05. The van der Waals surface area contributed by atoms with Crippen molar-refractivity contribution in [1.29, 1.82) is 0 Å². The van der Waals surface area contributed by atoms with Crippen molar-refractivity contribution in [2.24, 2.45) is 11.8 Å². The van der Waals surface area contributed by atoms with E-state index in [1.165, 1.54) is 0 Å². The van der Waals surface area contributed by atoms with Crippen LogP contribution in [0.25, 0.3) is 0 Å². The third kappa shape index (κ3) is 9.89. The maximum atomic E-state index is 10.6. The number of fused-ring (bicyclic) bond motifs is 1. The molecule has 2 aliphatic heterocycles. The van der Waals surface area contributed by atoms with Crippen molar-refractivity contribution in [3.63, 3.8) is 0 Å². The van der Waals surface area contributed by atoms with Crippen LogP contribution in [0.5, 0.6) is 0 Å². The highest BCUT2D eigenvalue weighted by molar-refractivity contribution is 5.73. The van der Waals surface area contributed by atoms with Crippen LogP contribution in [0.2, 0.25) is 0 Å². The summed E-state index contributed by atoms with van der Waals surface area (Å²) in [4.78, 5) is 24.9. The van der Waals surface area contributed by atoms with Crippen molar-refractivity contribution < 1.29 is 55.3 Å². The van der Waals surface area contributed by atoms with Crippen LogP contribution in [0, 0.1) is 25.7 Å². The largest absolute Gasteiger partial charge is 0.490 e. The third-order valence-electron chi connectivity index (χ3n) is 5.64. The van der Waals surface area contributed by atoms with Crippen molar-refractivity contribution in [2.75, 3.05) is 19.7 Å². The molecular formula is C22H26F6N4O6. The van der Waals surface area contributed by atoms with Gasteiger partial charge in [0.05, 0.1) is 24.8 Å². The van der Waals surface area contributed by atoms with Gasteiger partial charge >= 0.3 is 24.3 Å². The number of rotatable bonds is 4. The summed E-state index contributed by atoms with van der Waals surface area (Å²) in [7, 11) is 0. The van der Waals surface area contributed by atoms with Crippen LogP contribution in [-0.4, -0.2) is 80.4 Å². The highest BCUT2D eigenvalue weighted by Gasteiger charge is 2.41. The zero-order valence-corrected chi connectivity index (χ0v) is 20.3. The number of carboxylic acid groups (broad SMARTS) is 2. The Labute approximate surface area is 212 Å². The summed E-state index contributed by atoms with van der Waals surface area (Å²) in [5, 5.41) is 22.3. The topological polar surface area (TPSA) is 139 Å². The summed E-state index contributed by atoms with van der Waals surface area (Å²) in [5.74, 6) is -3.00. The SMILES string of the molecule is Cc1cccc(CN2CC[C@@H]3[C@@H](CO[C@H]3Cc3nnc(C)o3)C2)n1.O=C(O)C(F)(F)F.O=C(O)C(F)(F)F. The zero-order valence-electron chi connectivity index (χ0n) is 20.3. The highest BCUT2D eigenvalue weighted by atomic mass is 19.4. The Kier molecular flexibility index (Phi) is 10.6. The molecule has 0 aliphatic carbocycles. The van der Waals surface area contributed by atoms with E-state index in [2.05, 4.69) is 32.2 Å². The van der Waals surface area contributed by atoms with Crippen LogP contribution in [-0.2, 0) is 27.3 Å². The number of halogens is 6. The Bertz CT molecular complexity index is 1050. The van der Waals surface area contributed by atoms with Gasteiger partial charge in [0.1, 0.15) is 0 Å². The number of hydrogen-bond acceptors (Lipinski definition) is 8. The normalized spacial score (nSPS) is 21.4. The van der Waals surface area contributed by atoms with E-state index in [9.17, 15) is 26.3 Å². The summed E-state index contributed by atoms with van der Waals surface area (Å²) >= 11 is 0. The molecule has 2 N–H and O–H groups in total. The number of carbonyl (C=O) groups is 2. The maximum Gasteiger partial charge on any atom is 0.490 e. The molecule has 0 saturated carbocycles. The van der Waals surface area contributed by atoms with Crippen molar-refractivity contribution >= 4 is 11.9 Å². The van der Waals surface area contributed by atoms with E-state index >= 15 is 0 Å². The molecule has 2 fully saturated rings. The van der Waals surface area contributed by atoms with Crippen molar-refractivity contribution in [2.45, 2.75) is 51.7 Å². The number of alkyl halides is 6. The second-order valence-electron chi connectivity index (χ2n) is 8.61. The highest BCUT2D eigenvalue weighted by Crippen LogP contribution is 2.36. The second-order valence-corrected chi connectivity index (χ2v) is 8.61. The number of hydrogen-bond donors (Lipinski definition) is 2. The summed E-state index contributed by atoms with van der Waals surface area (Å²) in [6, 6.07) is 6.25. The standard InChI is InChI=1S/C18H24N4O2.2C2HF3O2/c1-12-4-3-5-15(19-12)10-22-7-6-16-14(9-22)11-23-17(16)8-18-21-20-13(2)24-18;2*3-2(4,5)1(6)7/h3-5,14,16-17H,6-11H2,1-2H3;2*(H,6,7)/t14-,16-,17+;;/m1../s1. The average molecular weight is 556 g/mol. The zero-order chi connectivity index (χ0) is 28.7. The van der Waals surface area contributed by atoms with Gasteiger partial charge in [0.25, 0.3) is 0 Å². The lowest BCUT2D eigenvalue weighted by molar-refractivity contribution is -0.193. The fourth-order valence-corrected chi connectivity index (χ4v) is 4.02. The lowest BCUT2D eigenvalue weighted by atomic mass is 9.83. The molecule has 212 valence electrons. The lowest BCUT2D eigenvalue weighted by Crippen LogP contribution is -2.41.